The average molecular weight is 400 g/mol. The van der Waals surface area contributed by atoms with Crippen molar-refractivity contribution in [1.82, 2.24) is 4.90 Å². The third-order valence-corrected chi connectivity index (χ3v) is 5.24. The highest BCUT2D eigenvalue weighted by Gasteiger charge is 2.46. The van der Waals surface area contributed by atoms with Gasteiger partial charge in [-0.2, -0.15) is 4.99 Å². The van der Waals surface area contributed by atoms with Crippen LogP contribution in [0.2, 0.25) is 0 Å². The van der Waals surface area contributed by atoms with Crippen LogP contribution in [0.25, 0.3) is 0 Å². The molecule has 4 heterocycles. The van der Waals surface area contributed by atoms with Gasteiger partial charge in [0.2, 0.25) is 0 Å². The second-order valence-corrected chi connectivity index (χ2v) is 6.54. The minimum Gasteiger partial charge on any atom is -1.00 e. The summed E-state index contributed by atoms with van der Waals surface area (Å²) in [5, 5.41) is 0. The topological polar surface area (TPSA) is 58.7 Å². The van der Waals surface area contributed by atoms with Crippen LogP contribution in [0.3, 0.4) is 0 Å². The number of cyclic esters (lactones) is 1. The Kier molecular flexibility index (Phi) is 4.44. The predicted molar refractivity (Wildman–Crippen MR) is 85.7 cm³/mol. The fourth-order valence-corrected chi connectivity index (χ4v) is 4.09. The molecule has 2 fully saturated rings. The normalized spacial score (nSPS) is 34.6. The number of fused-ring (bicyclic) bond motifs is 2. The van der Waals surface area contributed by atoms with E-state index in [2.05, 4.69) is 32.5 Å². The van der Waals surface area contributed by atoms with Gasteiger partial charge in [0.25, 0.3) is 4.74 Å². The van der Waals surface area contributed by atoms with Crippen LogP contribution in [0.4, 0.5) is 4.79 Å². The number of carbonyl (C=O) groups excluding carboxylic acids is 1. The molecule has 0 aromatic heterocycles. The van der Waals surface area contributed by atoms with Crippen molar-refractivity contribution in [2.75, 3.05) is 6.54 Å². The van der Waals surface area contributed by atoms with Crippen molar-refractivity contribution in [3.8, 4) is 0 Å². The van der Waals surface area contributed by atoms with Gasteiger partial charge in [-0.15, -0.1) is 0 Å². The molecule has 4 rings (SSSR count). The summed E-state index contributed by atoms with van der Waals surface area (Å²) in [4.78, 5) is 23.8. The molecule has 0 aromatic carbocycles. The molecule has 0 bridgehead atoms. The van der Waals surface area contributed by atoms with E-state index in [9.17, 15) is 4.79 Å². The van der Waals surface area contributed by atoms with Crippen LogP contribution in [0.1, 0.15) is 12.8 Å². The first kappa shape index (κ1) is 16.4. The SMILES string of the molecule is C=CC1OC(=O)N2C[C@H](C3=C4C=NC=C[NH+]4C(Br)=N3)CC[C@@H]12.[Cl-]. The van der Waals surface area contributed by atoms with E-state index in [1.165, 1.54) is 0 Å². The molecule has 0 aliphatic carbocycles. The molecule has 1 N–H and O–H groups in total. The quantitative estimate of drug-likeness (QED) is 0.440. The summed E-state index contributed by atoms with van der Waals surface area (Å²) >= 11 is 3.52. The first-order valence-corrected chi connectivity index (χ1v) is 8.14. The summed E-state index contributed by atoms with van der Waals surface area (Å²) in [7, 11) is 0. The Balaban J connectivity index is 0.00000156. The van der Waals surface area contributed by atoms with E-state index in [-0.39, 0.29) is 36.6 Å². The Morgan fingerprint density at radius 1 is 1.48 bits per heavy atom. The van der Waals surface area contributed by atoms with Crippen molar-refractivity contribution in [2.45, 2.75) is 25.0 Å². The predicted octanol–water partition coefficient (Wildman–Crippen LogP) is -1.81. The number of halogens is 2. The lowest BCUT2D eigenvalue weighted by atomic mass is 9.88. The maximum Gasteiger partial charge on any atom is 0.410 e. The number of hydrogen-bond donors (Lipinski definition) is 1. The summed E-state index contributed by atoms with van der Waals surface area (Å²) in [6, 6.07) is 0.115. The molecule has 8 heteroatoms. The Bertz CT molecular complexity index is 672. The zero-order valence-electron chi connectivity index (χ0n) is 12.3. The van der Waals surface area contributed by atoms with Crippen LogP contribution in [0.15, 0.2) is 46.4 Å². The maximum atomic E-state index is 12.0. The van der Waals surface area contributed by atoms with Gasteiger partial charge in [0.1, 0.15) is 18.0 Å². The zero-order valence-corrected chi connectivity index (χ0v) is 14.6. The van der Waals surface area contributed by atoms with Gasteiger partial charge in [-0.3, -0.25) is 4.99 Å². The molecule has 2 saturated heterocycles. The first-order chi connectivity index (χ1) is 10.7. The standard InChI is InChI=1S/C15H15BrN4O2.ClH/c1-2-12-10-4-3-9(8-20(10)15(21)22-12)13-11-7-17-5-6-19(11)14(16)18-13;/h2,5-7,9-10,12H,1,3-4,8H2;1H/t9-,10+,12?;/m1./s1. The Hall–Kier alpha value is -1.44. The Morgan fingerprint density at radius 2 is 2.30 bits per heavy atom. The van der Waals surface area contributed by atoms with Crippen LogP contribution in [0, 0.1) is 5.92 Å². The van der Waals surface area contributed by atoms with Gasteiger partial charge in [-0.05, 0) is 18.9 Å². The number of quaternary nitrogens is 1. The van der Waals surface area contributed by atoms with E-state index >= 15 is 0 Å². The summed E-state index contributed by atoms with van der Waals surface area (Å²) in [6.07, 6.45) is 8.75. The van der Waals surface area contributed by atoms with E-state index in [4.69, 9.17) is 4.74 Å². The minimum atomic E-state index is -0.243. The molecule has 0 spiro atoms. The highest BCUT2D eigenvalue weighted by atomic mass is 79.9. The number of amidine groups is 1. The van der Waals surface area contributed by atoms with Gasteiger partial charge in [-0.1, -0.05) is 6.58 Å². The molecule has 23 heavy (non-hydrogen) atoms. The van der Waals surface area contributed by atoms with Crippen LogP contribution in [-0.4, -0.2) is 40.6 Å². The van der Waals surface area contributed by atoms with Gasteiger partial charge < -0.3 is 22.0 Å². The fourth-order valence-electron chi connectivity index (χ4n) is 3.55. The molecule has 0 radical (unpaired) electrons. The number of aliphatic imine (C=N–C) groups is 2. The third-order valence-electron chi connectivity index (χ3n) is 4.64. The lowest BCUT2D eigenvalue weighted by Gasteiger charge is -2.33. The van der Waals surface area contributed by atoms with E-state index in [0.29, 0.717) is 6.54 Å². The van der Waals surface area contributed by atoms with Gasteiger partial charge in [-0.25, -0.2) is 9.69 Å². The van der Waals surface area contributed by atoms with Crippen LogP contribution >= 0.6 is 15.9 Å². The van der Waals surface area contributed by atoms with Crippen LogP contribution < -0.4 is 17.3 Å². The number of rotatable bonds is 2. The van der Waals surface area contributed by atoms with Crippen LogP contribution in [0.5, 0.6) is 0 Å². The van der Waals surface area contributed by atoms with E-state index in [1.807, 2.05) is 17.3 Å². The summed E-state index contributed by atoms with van der Waals surface area (Å²) in [5.74, 6) is 0.213. The molecule has 4 aliphatic heterocycles. The number of nitrogens with one attached hydrogen (secondary N) is 1. The Morgan fingerprint density at radius 3 is 3.09 bits per heavy atom. The number of ether oxygens (including phenoxy) is 1. The summed E-state index contributed by atoms with van der Waals surface area (Å²) in [5.41, 5.74) is 2.08. The third kappa shape index (κ3) is 2.56. The smallest absolute Gasteiger partial charge is 0.410 e. The number of piperidine rings is 1. The first-order valence-electron chi connectivity index (χ1n) is 7.34. The second kappa shape index (κ2) is 6.22. The average Bonchev–Trinajstić information content (AvgIpc) is 3.05. The largest absolute Gasteiger partial charge is 1.00 e. The second-order valence-electron chi connectivity index (χ2n) is 5.79. The minimum absolute atomic E-state index is 0. The van der Waals surface area contributed by atoms with Crippen molar-refractivity contribution in [3.63, 3.8) is 0 Å². The molecular formula is C15H16BrClN4O2. The van der Waals surface area contributed by atoms with Crippen molar-refractivity contribution < 1.29 is 26.8 Å². The van der Waals surface area contributed by atoms with Gasteiger partial charge >= 0.3 is 6.09 Å². The molecule has 4 aliphatic rings. The molecule has 2 unspecified atom stereocenters. The molecule has 1 amide bonds. The number of nitrogens with zero attached hydrogens (tertiary/aromatic N) is 3. The molecule has 4 atom stereocenters. The van der Waals surface area contributed by atoms with Crippen molar-refractivity contribution in [1.29, 1.82) is 0 Å². The molecule has 122 valence electrons. The number of carbonyl (C=O) groups is 1. The monoisotopic (exact) mass is 398 g/mol. The number of amides is 1. The summed E-state index contributed by atoms with van der Waals surface area (Å²) in [6.45, 7) is 4.40. The summed E-state index contributed by atoms with van der Waals surface area (Å²) < 4.78 is 6.20. The van der Waals surface area contributed by atoms with E-state index in [1.54, 1.807) is 12.3 Å². The Labute approximate surface area is 148 Å². The zero-order chi connectivity index (χ0) is 15.3. The number of hydrogen-bond acceptors (Lipinski definition) is 4. The number of allylic oxidation sites excluding steroid dienone is 1. The molecule has 0 aromatic rings. The van der Waals surface area contributed by atoms with Crippen molar-refractivity contribution in [3.05, 3.63) is 36.4 Å². The fraction of sp³-hybridized carbons (Fsp3) is 0.400. The molecular weight excluding hydrogens is 384 g/mol. The van der Waals surface area contributed by atoms with Gasteiger partial charge in [0.05, 0.1) is 18.5 Å². The molecule has 0 saturated carbocycles. The van der Waals surface area contributed by atoms with E-state index < -0.39 is 0 Å². The lowest BCUT2D eigenvalue weighted by Crippen LogP contribution is -3.07. The molecule has 6 nitrogen and oxygen atoms in total. The highest BCUT2D eigenvalue weighted by molar-refractivity contribution is 9.18. The van der Waals surface area contributed by atoms with Crippen LogP contribution in [-0.2, 0) is 4.74 Å². The maximum absolute atomic E-state index is 12.0. The van der Waals surface area contributed by atoms with E-state index in [0.717, 1.165) is 33.9 Å². The lowest BCUT2D eigenvalue weighted by molar-refractivity contribution is -0.685. The van der Waals surface area contributed by atoms with Crippen molar-refractivity contribution in [2.24, 2.45) is 15.9 Å². The van der Waals surface area contributed by atoms with Gasteiger partial charge in [0, 0.05) is 28.4 Å². The highest BCUT2D eigenvalue weighted by Crippen LogP contribution is 2.36. The van der Waals surface area contributed by atoms with Gasteiger partial charge in [0.15, 0.2) is 5.70 Å². The van der Waals surface area contributed by atoms with Crippen molar-refractivity contribution >= 4 is 33.0 Å².